The Morgan fingerprint density at radius 2 is 2.00 bits per heavy atom. The minimum absolute atomic E-state index is 0.167. The molecule has 0 aliphatic rings. The number of fused-ring (bicyclic) bond motifs is 1. The molecule has 2 amide bonds. The van der Waals surface area contributed by atoms with E-state index in [-0.39, 0.29) is 11.5 Å². The molecule has 0 aliphatic heterocycles. The summed E-state index contributed by atoms with van der Waals surface area (Å²) >= 11 is 4.10. The number of primary amides is 1. The number of hydrogen-bond acceptors (Lipinski definition) is 8. The second kappa shape index (κ2) is 7.74. The van der Waals surface area contributed by atoms with Crippen LogP contribution in [0.5, 0.6) is 0 Å². The molecule has 7 nitrogen and oxygen atoms in total. The van der Waals surface area contributed by atoms with Gasteiger partial charge in [0.15, 0.2) is 21.7 Å². The van der Waals surface area contributed by atoms with Crippen molar-refractivity contribution in [1.82, 2.24) is 9.97 Å². The first-order chi connectivity index (χ1) is 13.5. The van der Waals surface area contributed by atoms with Crippen LogP contribution in [0.3, 0.4) is 0 Å². The highest BCUT2D eigenvalue weighted by molar-refractivity contribution is 8.01. The van der Waals surface area contributed by atoms with Crippen molar-refractivity contribution in [3.8, 4) is 10.8 Å². The lowest BCUT2D eigenvalue weighted by Gasteiger charge is -1.97. The van der Waals surface area contributed by atoms with Crippen molar-refractivity contribution in [3.63, 3.8) is 0 Å². The zero-order chi connectivity index (χ0) is 19.7. The third kappa shape index (κ3) is 3.93. The van der Waals surface area contributed by atoms with Gasteiger partial charge in [-0.1, -0.05) is 23.5 Å². The topological polar surface area (TPSA) is 111 Å². The van der Waals surface area contributed by atoms with Gasteiger partial charge in [-0.15, -0.1) is 23.1 Å². The highest BCUT2D eigenvalue weighted by Gasteiger charge is 2.17. The SMILES string of the molecule is Cc1nc(NC(=O)c2ccc(-c3nc4ccccc4s3)o2)sc1SCC(N)=O. The standard InChI is InChI=1S/C18H14N4O3S3/c1-9-17(26-8-14(19)23)28-18(20-9)22-15(24)11-6-7-12(25-11)16-21-10-4-2-3-5-13(10)27-16/h2-7H,8H2,1H3,(H2,19,23)(H,20,22,24). The van der Waals surface area contributed by atoms with Gasteiger partial charge in [-0.3, -0.25) is 14.9 Å². The van der Waals surface area contributed by atoms with Crippen LogP contribution in [-0.4, -0.2) is 27.5 Å². The van der Waals surface area contributed by atoms with E-state index in [1.54, 1.807) is 12.1 Å². The average Bonchev–Trinajstić information content (AvgIpc) is 3.37. The fourth-order valence-electron chi connectivity index (χ4n) is 2.42. The number of nitrogens with one attached hydrogen (secondary N) is 1. The Balaban J connectivity index is 1.49. The Morgan fingerprint density at radius 3 is 2.79 bits per heavy atom. The molecule has 0 unspecified atom stereocenters. The van der Waals surface area contributed by atoms with Crippen molar-refractivity contribution in [2.75, 3.05) is 11.1 Å². The summed E-state index contributed by atoms with van der Waals surface area (Å²) in [7, 11) is 0. The number of aryl methyl sites for hydroxylation is 1. The van der Waals surface area contributed by atoms with Crippen LogP contribution in [0.25, 0.3) is 21.0 Å². The quantitative estimate of drug-likeness (QED) is 0.445. The molecule has 28 heavy (non-hydrogen) atoms. The monoisotopic (exact) mass is 430 g/mol. The van der Waals surface area contributed by atoms with E-state index in [0.717, 1.165) is 25.1 Å². The molecule has 0 atom stereocenters. The molecule has 0 bridgehead atoms. The van der Waals surface area contributed by atoms with E-state index >= 15 is 0 Å². The predicted molar refractivity (Wildman–Crippen MR) is 112 cm³/mol. The molecule has 0 spiro atoms. The van der Waals surface area contributed by atoms with Crippen LogP contribution in [0.1, 0.15) is 16.2 Å². The number of hydrogen-bond donors (Lipinski definition) is 2. The minimum Gasteiger partial charge on any atom is -0.448 e. The first kappa shape index (κ1) is 18.7. The van der Waals surface area contributed by atoms with Crippen molar-refractivity contribution >= 4 is 61.6 Å². The first-order valence-electron chi connectivity index (χ1n) is 8.15. The Morgan fingerprint density at radius 1 is 1.18 bits per heavy atom. The van der Waals surface area contributed by atoms with E-state index in [4.69, 9.17) is 10.2 Å². The molecule has 10 heteroatoms. The lowest BCUT2D eigenvalue weighted by Crippen LogP contribution is -2.12. The number of furan rings is 1. The predicted octanol–water partition coefficient (Wildman–Crippen LogP) is 4.15. The Labute approximate surface area is 172 Å². The number of amides is 2. The molecule has 142 valence electrons. The molecular weight excluding hydrogens is 416 g/mol. The van der Waals surface area contributed by atoms with Gasteiger partial charge >= 0.3 is 0 Å². The molecule has 0 fully saturated rings. The number of benzene rings is 1. The summed E-state index contributed by atoms with van der Waals surface area (Å²) < 4.78 is 7.59. The summed E-state index contributed by atoms with van der Waals surface area (Å²) in [6.07, 6.45) is 0. The van der Waals surface area contributed by atoms with Gasteiger partial charge in [-0.2, -0.15) is 0 Å². The van der Waals surface area contributed by atoms with Gasteiger partial charge in [0.2, 0.25) is 5.91 Å². The normalized spacial score (nSPS) is 11.0. The molecule has 0 saturated carbocycles. The smallest absolute Gasteiger partial charge is 0.293 e. The third-order valence-electron chi connectivity index (χ3n) is 3.65. The summed E-state index contributed by atoms with van der Waals surface area (Å²) in [5, 5.41) is 3.88. The highest BCUT2D eigenvalue weighted by atomic mass is 32.2. The minimum atomic E-state index is -0.402. The van der Waals surface area contributed by atoms with Gasteiger partial charge in [0, 0.05) is 0 Å². The molecule has 0 saturated heterocycles. The maximum Gasteiger partial charge on any atom is 0.293 e. The van der Waals surface area contributed by atoms with Gasteiger partial charge in [0.1, 0.15) is 0 Å². The number of aromatic nitrogens is 2. The molecule has 3 aromatic heterocycles. The molecule has 0 radical (unpaired) electrons. The van der Waals surface area contributed by atoms with Crippen molar-refractivity contribution < 1.29 is 14.0 Å². The van der Waals surface area contributed by atoms with Crippen LogP contribution < -0.4 is 11.1 Å². The maximum atomic E-state index is 12.5. The van der Waals surface area contributed by atoms with Crippen molar-refractivity contribution in [2.45, 2.75) is 11.1 Å². The highest BCUT2D eigenvalue weighted by Crippen LogP contribution is 2.33. The van der Waals surface area contributed by atoms with E-state index in [1.165, 1.54) is 34.4 Å². The zero-order valence-electron chi connectivity index (χ0n) is 14.6. The van der Waals surface area contributed by atoms with Crippen molar-refractivity contribution in [3.05, 3.63) is 47.9 Å². The lowest BCUT2D eigenvalue weighted by atomic mass is 10.3. The fraction of sp³-hybridized carbons (Fsp3) is 0.111. The number of carbonyl (C=O) groups is 2. The number of nitrogens with zero attached hydrogens (tertiary/aromatic N) is 2. The molecule has 4 rings (SSSR count). The molecule has 1 aromatic carbocycles. The van der Waals surface area contributed by atoms with Crippen LogP contribution in [0, 0.1) is 6.92 Å². The van der Waals surface area contributed by atoms with Gasteiger partial charge in [0.05, 0.1) is 25.9 Å². The Hall–Kier alpha value is -2.69. The van der Waals surface area contributed by atoms with Crippen LogP contribution in [0.2, 0.25) is 0 Å². The molecule has 3 heterocycles. The number of para-hydroxylation sites is 1. The van der Waals surface area contributed by atoms with E-state index < -0.39 is 11.8 Å². The Kier molecular flexibility index (Phi) is 5.16. The van der Waals surface area contributed by atoms with Crippen LogP contribution in [-0.2, 0) is 4.79 Å². The van der Waals surface area contributed by atoms with Crippen molar-refractivity contribution in [2.24, 2.45) is 5.73 Å². The van der Waals surface area contributed by atoms with E-state index in [2.05, 4.69) is 15.3 Å². The van der Waals surface area contributed by atoms with E-state index in [1.807, 2.05) is 31.2 Å². The summed E-state index contributed by atoms with van der Waals surface area (Å²) in [4.78, 5) is 32.3. The number of nitrogens with two attached hydrogens (primary N) is 1. The summed E-state index contributed by atoms with van der Waals surface area (Å²) in [6, 6.07) is 11.2. The second-order valence-electron chi connectivity index (χ2n) is 5.75. The van der Waals surface area contributed by atoms with E-state index in [0.29, 0.717) is 10.9 Å². The largest absolute Gasteiger partial charge is 0.448 e. The maximum absolute atomic E-state index is 12.5. The van der Waals surface area contributed by atoms with Crippen LogP contribution in [0.4, 0.5) is 5.13 Å². The summed E-state index contributed by atoms with van der Waals surface area (Å²) in [5.74, 6) is 0.0851. The Bertz CT molecular complexity index is 1140. The molecular formula is C18H14N4O3S3. The first-order valence-corrected chi connectivity index (χ1v) is 10.8. The zero-order valence-corrected chi connectivity index (χ0v) is 17.0. The second-order valence-corrected chi connectivity index (χ2v) is 9.03. The van der Waals surface area contributed by atoms with E-state index in [9.17, 15) is 9.59 Å². The van der Waals surface area contributed by atoms with Gasteiger partial charge in [-0.25, -0.2) is 9.97 Å². The number of rotatable bonds is 6. The van der Waals surface area contributed by atoms with Crippen LogP contribution in [0.15, 0.2) is 45.0 Å². The lowest BCUT2D eigenvalue weighted by molar-refractivity contribution is -0.115. The third-order valence-corrected chi connectivity index (χ3v) is 7.16. The van der Waals surface area contributed by atoms with Gasteiger partial charge in [0.25, 0.3) is 5.91 Å². The van der Waals surface area contributed by atoms with Gasteiger partial charge < -0.3 is 10.2 Å². The number of thioether (sulfide) groups is 1. The fourth-order valence-corrected chi connectivity index (χ4v) is 5.22. The molecule has 0 aliphatic carbocycles. The number of carbonyl (C=O) groups excluding carboxylic acids is 2. The number of anilines is 1. The molecule has 3 N–H and O–H groups in total. The molecule has 4 aromatic rings. The average molecular weight is 431 g/mol. The van der Waals surface area contributed by atoms with Crippen LogP contribution >= 0.6 is 34.4 Å². The number of thiazole rings is 2. The summed E-state index contributed by atoms with van der Waals surface area (Å²) in [6.45, 7) is 1.81. The van der Waals surface area contributed by atoms with Gasteiger partial charge in [-0.05, 0) is 31.2 Å². The van der Waals surface area contributed by atoms with Crippen molar-refractivity contribution in [1.29, 1.82) is 0 Å². The summed E-state index contributed by atoms with van der Waals surface area (Å²) in [5.41, 5.74) is 6.80.